The molecule has 3 aromatic rings. The van der Waals surface area contributed by atoms with Gasteiger partial charge in [0.15, 0.2) is 0 Å². The molecular formula is C27H27N3O8S. The predicted octanol–water partition coefficient (Wildman–Crippen LogP) is 4.09. The summed E-state index contributed by atoms with van der Waals surface area (Å²) in [5, 5.41) is 14.8. The summed E-state index contributed by atoms with van der Waals surface area (Å²) < 4.78 is 39.3. The Morgan fingerprint density at radius 2 is 1.82 bits per heavy atom. The summed E-state index contributed by atoms with van der Waals surface area (Å²) in [4.78, 5) is 35.0. The second kappa shape index (κ2) is 12.5. The molecular weight excluding hydrogens is 526 g/mol. The zero-order valence-electron chi connectivity index (χ0n) is 20.9. The Hall–Kier alpha value is -4.29. The number of ether oxygens (including phenoxy) is 2. The van der Waals surface area contributed by atoms with Gasteiger partial charge in [0.25, 0.3) is 21.6 Å². The van der Waals surface area contributed by atoms with Crippen LogP contribution in [0.3, 0.4) is 0 Å². The van der Waals surface area contributed by atoms with E-state index in [0.29, 0.717) is 37.4 Å². The molecule has 1 aliphatic rings. The molecule has 11 nitrogen and oxygen atoms in total. The van der Waals surface area contributed by atoms with E-state index < -0.39 is 31.4 Å². The lowest BCUT2D eigenvalue weighted by Gasteiger charge is -2.22. The van der Waals surface area contributed by atoms with Crippen molar-refractivity contribution in [3.63, 3.8) is 0 Å². The van der Waals surface area contributed by atoms with Gasteiger partial charge in [0.2, 0.25) is 0 Å². The lowest BCUT2D eigenvalue weighted by molar-refractivity contribution is -0.384. The van der Waals surface area contributed by atoms with Gasteiger partial charge in [-0.25, -0.2) is 13.1 Å². The molecule has 1 aliphatic heterocycles. The number of rotatable bonds is 11. The molecule has 3 aromatic carbocycles. The van der Waals surface area contributed by atoms with Crippen LogP contribution < -0.4 is 14.8 Å². The van der Waals surface area contributed by atoms with Crippen molar-refractivity contribution in [2.75, 3.05) is 25.1 Å². The number of carbonyl (C=O) groups excluding carboxylic acids is 2. The van der Waals surface area contributed by atoms with Crippen molar-refractivity contribution < 1.29 is 32.4 Å². The SMILES string of the molecule is O=CCc1cccc(C(=O)NS(=O)(=O)c2ccc(NCC3CCOCC3)c([N+](=O)[O-])c2)c1Oc1ccccc1. The average molecular weight is 554 g/mol. The Balaban J connectivity index is 1.58. The predicted molar refractivity (Wildman–Crippen MR) is 143 cm³/mol. The number of carbonyl (C=O) groups is 2. The van der Waals surface area contributed by atoms with E-state index in [1.165, 1.54) is 24.3 Å². The molecule has 0 bridgehead atoms. The number of anilines is 1. The first-order chi connectivity index (χ1) is 18.8. The van der Waals surface area contributed by atoms with E-state index in [4.69, 9.17) is 9.47 Å². The molecule has 12 heteroatoms. The lowest BCUT2D eigenvalue weighted by Crippen LogP contribution is -2.31. The van der Waals surface area contributed by atoms with Crippen molar-refractivity contribution in [2.24, 2.45) is 5.92 Å². The Morgan fingerprint density at radius 3 is 2.51 bits per heavy atom. The third-order valence-corrected chi connectivity index (χ3v) is 7.56. The second-order valence-corrected chi connectivity index (χ2v) is 10.6. The third-order valence-electron chi connectivity index (χ3n) is 6.23. The van der Waals surface area contributed by atoms with Gasteiger partial charge in [0.1, 0.15) is 23.5 Å². The molecule has 2 N–H and O–H groups in total. The molecule has 1 heterocycles. The molecule has 0 spiro atoms. The first-order valence-electron chi connectivity index (χ1n) is 12.2. The minimum Gasteiger partial charge on any atom is -0.456 e. The van der Waals surface area contributed by atoms with E-state index in [2.05, 4.69) is 5.32 Å². The highest BCUT2D eigenvalue weighted by Crippen LogP contribution is 2.31. The van der Waals surface area contributed by atoms with Crippen LogP contribution in [-0.2, 0) is 26.0 Å². The van der Waals surface area contributed by atoms with Crippen LogP contribution in [0.2, 0.25) is 0 Å². The quantitative estimate of drug-likeness (QED) is 0.203. The Labute approximate surface area is 225 Å². The zero-order valence-corrected chi connectivity index (χ0v) is 21.7. The van der Waals surface area contributed by atoms with Crippen LogP contribution in [0.4, 0.5) is 11.4 Å². The van der Waals surface area contributed by atoms with E-state index in [-0.39, 0.29) is 29.3 Å². The van der Waals surface area contributed by atoms with Crippen molar-refractivity contribution >= 4 is 33.6 Å². The van der Waals surface area contributed by atoms with Crippen LogP contribution >= 0.6 is 0 Å². The summed E-state index contributed by atoms with van der Waals surface area (Å²) in [6.07, 6.45) is 2.22. The number of nitrogens with zero attached hydrogens (tertiary/aromatic N) is 1. The van der Waals surface area contributed by atoms with Crippen LogP contribution in [0.1, 0.15) is 28.8 Å². The molecule has 0 unspecified atom stereocenters. The Bertz CT molecular complexity index is 1460. The van der Waals surface area contributed by atoms with Crippen LogP contribution in [0.25, 0.3) is 0 Å². The van der Waals surface area contributed by atoms with E-state index in [0.717, 1.165) is 18.9 Å². The number of amides is 1. The summed E-state index contributed by atoms with van der Waals surface area (Å²) in [5.74, 6) is -0.323. The molecule has 0 aromatic heterocycles. The molecule has 1 saturated heterocycles. The highest BCUT2D eigenvalue weighted by atomic mass is 32.2. The second-order valence-electron chi connectivity index (χ2n) is 8.89. The van der Waals surface area contributed by atoms with Gasteiger partial charge in [0, 0.05) is 37.8 Å². The molecule has 0 aliphatic carbocycles. The number of hydrogen-bond donors (Lipinski definition) is 2. The Morgan fingerprint density at radius 1 is 1.08 bits per heavy atom. The molecule has 1 fully saturated rings. The van der Waals surface area contributed by atoms with Crippen LogP contribution in [-0.4, -0.2) is 45.3 Å². The molecule has 1 amide bonds. The van der Waals surface area contributed by atoms with Crippen LogP contribution in [0.15, 0.2) is 71.6 Å². The maximum absolute atomic E-state index is 13.1. The minimum absolute atomic E-state index is 0.0298. The van der Waals surface area contributed by atoms with E-state index in [1.807, 2.05) is 4.72 Å². The largest absolute Gasteiger partial charge is 0.456 e. The van der Waals surface area contributed by atoms with Crippen molar-refractivity contribution in [1.29, 1.82) is 0 Å². The van der Waals surface area contributed by atoms with E-state index in [9.17, 15) is 28.1 Å². The zero-order chi connectivity index (χ0) is 27.8. The van der Waals surface area contributed by atoms with Gasteiger partial charge in [-0.05, 0) is 49.1 Å². The van der Waals surface area contributed by atoms with Gasteiger partial charge in [-0.3, -0.25) is 14.9 Å². The fourth-order valence-corrected chi connectivity index (χ4v) is 5.15. The topological polar surface area (TPSA) is 154 Å². The Kier molecular flexibility index (Phi) is 8.89. The van der Waals surface area contributed by atoms with Gasteiger partial charge in [-0.1, -0.05) is 30.3 Å². The van der Waals surface area contributed by atoms with Crippen molar-refractivity contribution in [1.82, 2.24) is 4.72 Å². The fraction of sp³-hybridized carbons (Fsp3) is 0.259. The summed E-state index contributed by atoms with van der Waals surface area (Å²) in [7, 11) is -4.50. The van der Waals surface area contributed by atoms with Crippen molar-refractivity contribution in [3.8, 4) is 11.5 Å². The number of hydrogen-bond acceptors (Lipinski definition) is 9. The molecule has 0 saturated carbocycles. The van der Waals surface area contributed by atoms with Gasteiger partial charge in [-0.2, -0.15) is 0 Å². The summed E-state index contributed by atoms with van der Waals surface area (Å²) >= 11 is 0. The lowest BCUT2D eigenvalue weighted by atomic mass is 10.0. The number of nitro groups is 1. The van der Waals surface area contributed by atoms with E-state index in [1.54, 1.807) is 36.4 Å². The van der Waals surface area contributed by atoms with E-state index >= 15 is 0 Å². The molecule has 39 heavy (non-hydrogen) atoms. The number of nitrogens with one attached hydrogen (secondary N) is 2. The minimum atomic E-state index is -4.50. The standard InChI is InChI=1S/C27H27N3O8S/c31-14-11-20-5-4-8-23(26(20)38-21-6-2-1-3-7-21)27(32)29-39(35,36)22-9-10-24(25(17-22)30(33)34)28-18-19-12-15-37-16-13-19/h1-10,14,17,19,28H,11-13,15-16,18H2,(H,29,32). The van der Waals surface area contributed by atoms with Gasteiger partial charge in [-0.15, -0.1) is 0 Å². The molecule has 204 valence electrons. The number of nitro benzene ring substituents is 1. The normalized spacial score (nSPS) is 13.8. The number of aldehydes is 1. The summed E-state index contributed by atoms with van der Waals surface area (Å²) in [5.41, 5.74) is 0.0101. The summed E-state index contributed by atoms with van der Waals surface area (Å²) in [6, 6.07) is 16.4. The van der Waals surface area contributed by atoms with Gasteiger partial charge >= 0.3 is 0 Å². The molecule has 0 atom stereocenters. The maximum Gasteiger partial charge on any atom is 0.293 e. The smallest absolute Gasteiger partial charge is 0.293 e. The maximum atomic E-state index is 13.1. The highest BCUT2D eigenvalue weighted by molar-refractivity contribution is 7.90. The van der Waals surface area contributed by atoms with Crippen LogP contribution in [0.5, 0.6) is 11.5 Å². The monoisotopic (exact) mass is 553 g/mol. The first kappa shape index (κ1) is 27.7. The summed E-state index contributed by atoms with van der Waals surface area (Å²) in [6.45, 7) is 1.73. The first-order valence-corrected chi connectivity index (χ1v) is 13.7. The van der Waals surface area contributed by atoms with Gasteiger partial charge in [0.05, 0.1) is 15.4 Å². The third kappa shape index (κ3) is 6.98. The highest BCUT2D eigenvalue weighted by Gasteiger charge is 2.26. The molecule has 4 rings (SSSR count). The number of benzene rings is 3. The average Bonchev–Trinajstić information content (AvgIpc) is 2.93. The number of para-hydroxylation sites is 2. The van der Waals surface area contributed by atoms with Crippen molar-refractivity contribution in [2.45, 2.75) is 24.2 Å². The number of sulfonamides is 1. The van der Waals surface area contributed by atoms with Crippen LogP contribution in [0, 0.1) is 16.0 Å². The molecule has 0 radical (unpaired) electrons. The van der Waals surface area contributed by atoms with Gasteiger partial charge < -0.3 is 19.6 Å². The van der Waals surface area contributed by atoms with Crippen molar-refractivity contribution in [3.05, 3.63) is 88.0 Å². The fourth-order valence-electron chi connectivity index (χ4n) is 4.16.